The number of amides is 1. The van der Waals surface area contributed by atoms with Gasteiger partial charge < -0.3 is 10.6 Å². The van der Waals surface area contributed by atoms with Crippen LogP contribution in [0.5, 0.6) is 0 Å². The molecule has 5 nitrogen and oxygen atoms in total. The van der Waals surface area contributed by atoms with Gasteiger partial charge in [0.2, 0.25) is 5.91 Å². The Morgan fingerprint density at radius 2 is 2.21 bits per heavy atom. The van der Waals surface area contributed by atoms with Crippen molar-refractivity contribution in [3.63, 3.8) is 0 Å². The van der Waals surface area contributed by atoms with Gasteiger partial charge in [-0.3, -0.25) is 4.79 Å². The van der Waals surface area contributed by atoms with Crippen molar-refractivity contribution >= 4 is 21.4 Å². The van der Waals surface area contributed by atoms with Crippen LogP contribution >= 0.6 is 0 Å². The lowest BCUT2D eigenvalue weighted by molar-refractivity contribution is -0.119. The predicted octanol–water partition coefficient (Wildman–Crippen LogP) is 0.541. The fourth-order valence-corrected chi connectivity index (χ4v) is 3.64. The van der Waals surface area contributed by atoms with E-state index in [0.717, 1.165) is 0 Å². The van der Waals surface area contributed by atoms with E-state index in [0.29, 0.717) is 12.1 Å². The van der Waals surface area contributed by atoms with Crippen LogP contribution in [-0.4, -0.2) is 38.4 Å². The van der Waals surface area contributed by atoms with Crippen molar-refractivity contribution in [2.24, 2.45) is 0 Å². The van der Waals surface area contributed by atoms with Crippen molar-refractivity contribution in [2.45, 2.75) is 12.5 Å². The van der Waals surface area contributed by atoms with Crippen LogP contribution in [0.25, 0.3) is 0 Å². The fourth-order valence-electron chi connectivity index (χ4n) is 1.97. The summed E-state index contributed by atoms with van der Waals surface area (Å²) in [5, 5.41) is 5.42. The Hall–Kier alpha value is -1.63. The molecule has 7 heteroatoms. The number of anilines is 1. The summed E-state index contributed by atoms with van der Waals surface area (Å²) in [6.07, 6.45) is 0.452. The average Bonchev–Trinajstić information content (AvgIpc) is 2.66. The molecule has 1 unspecified atom stereocenters. The van der Waals surface area contributed by atoms with Gasteiger partial charge in [0.25, 0.3) is 0 Å². The first-order chi connectivity index (χ1) is 8.94. The van der Waals surface area contributed by atoms with Crippen molar-refractivity contribution < 1.29 is 17.6 Å². The van der Waals surface area contributed by atoms with E-state index in [4.69, 9.17) is 0 Å². The smallest absolute Gasteiger partial charge is 0.239 e. The first-order valence-corrected chi connectivity index (χ1v) is 7.76. The molecule has 2 N–H and O–H groups in total. The van der Waals surface area contributed by atoms with Crippen molar-refractivity contribution in [3.05, 3.63) is 30.1 Å². The normalized spacial score (nSPS) is 21.0. The Morgan fingerprint density at radius 1 is 1.42 bits per heavy atom. The SMILES string of the molecule is O=C(CNc1cccc(F)c1)NC1CCS(=O)(=O)C1. The third-order valence-electron chi connectivity index (χ3n) is 2.88. The maximum absolute atomic E-state index is 12.9. The molecular formula is C12H15FN2O3S. The molecule has 0 aliphatic carbocycles. The zero-order chi connectivity index (χ0) is 13.9. The molecule has 1 aromatic rings. The number of carbonyl (C=O) groups excluding carboxylic acids is 1. The summed E-state index contributed by atoms with van der Waals surface area (Å²) in [6, 6.07) is 5.48. The van der Waals surface area contributed by atoms with Gasteiger partial charge in [0.15, 0.2) is 9.84 Å². The van der Waals surface area contributed by atoms with Gasteiger partial charge in [-0.2, -0.15) is 0 Å². The number of halogens is 1. The van der Waals surface area contributed by atoms with E-state index in [1.807, 2.05) is 0 Å². The summed E-state index contributed by atoms with van der Waals surface area (Å²) in [5.41, 5.74) is 0.509. The second-order valence-electron chi connectivity index (χ2n) is 4.53. The highest BCUT2D eigenvalue weighted by molar-refractivity contribution is 7.91. The van der Waals surface area contributed by atoms with Crippen LogP contribution in [-0.2, 0) is 14.6 Å². The van der Waals surface area contributed by atoms with E-state index in [9.17, 15) is 17.6 Å². The Balaban J connectivity index is 1.79. The molecule has 0 aromatic heterocycles. The van der Waals surface area contributed by atoms with E-state index in [2.05, 4.69) is 10.6 Å². The Morgan fingerprint density at radius 3 is 2.84 bits per heavy atom. The third-order valence-corrected chi connectivity index (χ3v) is 4.64. The molecule has 19 heavy (non-hydrogen) atoms. The number of nitrogens with one attached hydrogen (secondary N) is 2. The van der Waals surface area contributed by atoms with Crippen LogP contribution < -0.4 is 10.6 Å². The van der Waals surface area contributed by atoms with Gasteiger partial charge >= 0.3 is 0 Å². The molecule has 1 atom stereocenters. The van der Waals surface area contributed by atoms with Crippen molar-refractivity contribution in [1.29, 1.82) is 0 Å². The summed E-state index contributed by atoms with van der Waals surface area (Å²) >= 11 is 0. The number of hydrogen-bond donors (Lipinski definition) is 2. The molecule has 1 heterocycles. The van der Waals surface area contributed by atoms with E-state index in [1.165, 1.54) is 12.1 Å². The van der Waals surface area contributed by atoms with E-state index < -0.39 is 9.84 Å². The second kappa shape index (κ2) is 5.56. The number of carbonyl (C=O) groups is 1. The van der Waals surface area contributed by atoms with Gasteiger partial charge in [-0.1, -0.05) is 6.07 Å². The maximum atomic E-state index is 12.9. The fraction of sp³-hybridized carbons (Fsp3) is 0.417. The van der Waals surface area contributed by atoms with Gasteiger partial charge in [-0.15, -0.1) is 0 Å². The number of benzene rings is 1. The largest absolute Gasteiger partial charge is 0.376 e. The molecule has 0 spiro atoms. The molecule has 1 aliphatic heterocycles. The first kappa shape index (κ1) is 13.8. The minimum absolute atomic E-state index is 0.00128. The Kier molecular flexibility index (Phi) is 4.04. The summed E-state index contributed by atoms with van der Waals surface area (Å²) in [4.78, 5) is 11.6. The van der Waals surface area contributed by atoms with Crippen molar-refractivity contribution in [2.75, 3.05) is 23.4 Å². The van der Waals surface area contributed by atoms with Crippen LogP contribution in [0, 0.1) is 5.82 Å². The molecule has 0 radical (unpaired) electrons. The Bertz CT molecular complexity index is 574. The highest BCUT2D eigenvalue weighted by Crippen LogP contribution is 2.11. The molecule has 2 rings (SSSR count). The highest BCUT2D eigenvalue weighted by atomic mass is 32.2. The standard InChI is InChI=1S/C12H15FN2O3S/c13-9-2-1-3-10(6-9)14-7-12(16)15-11-4-5-19(17,18)8-11/h1-3,6,11,14H,4-5,7-8H2,(H,15,16). The topological polar surface area (TPSA) is 75.3 Å². The van der Waals surface area contributed by atoms with Gasteiger partial charge in [-0.25, -0.2) is 12.8 Å². The number of hydrogen-bond acceptors (Lipinski definition) is 4. The quantitative estimate of drug-likeness (QED) is 0.847. The second-order valence-corrected chi connectivity index (χ2v) is 6.76. The Labute approximate surface area is 111 Å². The molecular weight excluding hydrogens is 271 g/mol. The minimum atomic E-state index is -3.00. The molecule has 1 fully saturated rings. The van der Waals surface area contributed by atoms with Crippen LogP contribution in [0.3, 0.4) is 0 Å². The number of sulfone groups is 1. The molecule has 104 valence electrons. The zero-order valence-corrected chi connectivity index (χ0v) is 11.0. The zero-order valence-electron chi connectivity index (χ0n) is 10.2. The molecule has 0 bridgehead atoms. The monoisotopic (exact) mass is 286 g/mol. The number of rotatable bonds is 4. The summed E-state index contributed by atoms with van der Waals surface area (Å²) in [6.45, 7) is -0.0139. The lowest BCUT2D eigenvalue weighted by atomic mass is 10.2. The molecule has 1 amide bonds. The van der Waals surface area contributed by atoms with Crippen LogP contribution in [0.1, 0.15) is 6.42 Å². The summed E-state index contributed by atoms with van der Waals surface area (Å²) in [5.74, 6) is -0.563. The van der Waals surface area contributed by atoms with Gasteiger partial charge in [0, 0.05) is 11.7 Å². The maximum Gasteiger partial charge on any atom is 0.239 e. The molecule has 0 saturated carbocycles. The van der Waals surface area contributed by atoms with Gasteiger partial charge in [-0.05, 0) is 24.6 Å². The lowest BCUT2D eigenvalue weighted by Crippen LogP contribution is -2.39. The minimum Gasteiger partial charge on any atom is -0.376 e. The molecule has 1 aromatic carbocycles. The third kappa shape index (κ3) is 4.20. The van der Waals surface area contributed by atoms with E-state index in [-0.39, 0.29) is 35.8 Å². The van der Waals surface area contributed by atoms with Gasteiger partial charge in [0.05, 0.1) is 18.1 Å². The summed E-state index contributed by atoms with van der Waals surface area (Å²) < 4.78 is 35.4. The van der Waals surface area contributed by atoms with Gasteiger partial charge in [0.1, 0.15) is 5.82 Å². The molecule has 1 aliphatic rings. The van der Waals surface area contributed by atoms with Crippen LogP contribution in [0.4, 0.5) is 10.1 Å². The lowest BCUT2D eigenvalue weighted by Gasteiger charge is -2.11. The predicted molar refractivity (Wildman–Crippen MR) is 70.1 cm³/mol. The van der Waals surface area contributed by atoms with Crippen LogP contribution in [0.15, 0.2) is 24.3 Å². The highest BCUT2D eigenvalue weighted by Gasteiger charge is 2.28. The van der Waals surface area contributed by atoms with Crippen molar-refractivity contribution in [1.82, 2.24) is 5.32 Å². The molecule has 1 saturated heterocycles. The van der Waals surface area contributed by atoms with Crippen LogP contribution in [0.2, 0.25) is 0 Å². The summed E-state index contributed by atoms with van der Waals surface area (Å²) in [7, 11) is -3.00. The first-order valence-electron chi connectivity index (χ1n) is 5.94. The van der Waals surface area contributed by atoms with E-state index >= 15 is 0 Å². The average molecular weight is 286 g/mol. The van der Waals surface area contributed by atoms with Crippen molar-refractivity contribution in [3.8, 4) is 0 Å². The van der Waals surface area contributed by atoms with E-state index in [1.54, 1.807) is 12.1 Å².